The first-order chi connectivity index (χ1) is 9.56. The first-order valence-electron chi connectivity index (χ1n) is 6.33. The zero-order valence-electron chi connectivity index (χ0n) is 11.7. The minimum absolute atomic E-state index is 0.121. The van der Waals surface area contributed by atoms with Crippen LogP contribution in [0.25, 0.3) is 0 Å². The molecule has 20 heavy (non-hydrogen) atoms. The summed E-state index contributed by atoms with van der Waals surface area (Å²) in [7, 11) is 3.64. The third-order valence-corrected chi connectivity index (χ3v) is 4.93. The van der Waals surface area contributed by atoms with Crippen molar-refractivity contribution in [2.75, 3.05) is 14.2 Å². The van der Waals surface area contributed by atoms with E-state index in [-0.39, 0.29) is 6.04 Å². The summed E-state index contributed by atoms with van der Waals surface area (Å²) in [5.41, 5.74) is 3.58. The van der Waals surface area contributed by atoms with Gasteiger partial charge < -0.3 is 10.1 Å². The lowest BCUT2D eigenvalue weighted by Gasteiger charge is -2.20. The molecule has 2 rings (SSSR count). The van der Waals surface area contributed by atoms with Crippen LogP contribution in [0.4, 0.5) is 0 Å². The molecule has 0 saturated carbocycles. The number of rotatable bonds is 4. The number of methoxy groups -OCH3 is 1. The first-order valence-corrected chi connectivity index (χ1v) is 7.79. The highest BCUT2D eigenvalue weighted by molar-refractivity contribution is 14.1. The van der Waals surface area contributed by atoms with E-state index in [2.05, 4.69) is 47.0 Å². The largest absolute Gasteiger partial charge is 0.497 e. The van der Waals surface area contributed by atoms with E-state index in [1.165, 1.54) is 11.1 Å². The molecule has 0 aliphatic carbocycles. The van der Waals surface area contributed by atoms with Crippen LogP contribution in [0, 0.1) is 10.5 Å². The minimum Gasteiger partial charge on any atom is -0.497 e. The lowest BCUT2D eigenvalue weighted by atomic mass is 9.95. The molecule has 2 aromatic rings. The Labute approximate surface area is 138 Å². The molecule has 0 bridgehead atoms. The standard InChI is InChI=1S/C16H17ClINO/c1-10-8-12(20-3)5-6-13(10)16(19-2)11-4-7-15(18)14(17)9-11/h4-9,16,19H,1-3H3. The van der Waals surface area contributed by atoms with Crippen molar-refractivity contribution in [1.29, 1.82) is 0 Å². The smallest absolute Gasteiger partial charge is 0.119 e. The van der Waals surface area contributed by atoms with E-state index in [9.17, 15) is 0 Å². The lowest BCUT2D eigenvalue weighted by molar-refractivity contribution is 0.414. The molecule has 0 aliphatic rings. The molecule has 0 aliphatic heterocycles. The topological polar surface area (TPSA) is 21.3 Å². The van der Waals surface area contributed by atoms with Crippen LogP contribution in [0.2, 0.25) is 5.02 Å². The summed E-state index contributed by atoms with van der Waals surface area (Å²) in [4.78, 5) is 0. The summed E-state index contributed by atoms with van der Waals surface area (Å²) in [5.74, 6) is 0.877. The van der Waals surface area contributed by atoms with E-state index >= 15 is 0 Å². The van der Waals surface area contributed by atoms with Crippen LogP contribution < -0.4 is 10.1 Å². The van der Waals surface area contributed by atoms with Crippen LogP contribution in [-0.2, 0) is 0 Å². The lowest BCUT2D eigenvalue weighted by Crippen LogP contribution is -2.18. The Bertz CT molecular complexity index is 615. The summed E-state index contributed by atoms with van der Waals surface area (Å²) in [6.45, 7) is 2.09. The summed E-state index contributed by atoms with van der Waals surface area (Å²) in [6.07, 6.45) is 0. The van der Waals surface area contributed by atoms with Crippen LogP contribution in [-0.4, -0.2) is 14.2 Å². The van der Waals surface area contributed by atoms with Gasteiger partial charge in [-0.2, -0.15) is 0 Å². The summed E-state index contributed by atoms with van der Waals surface area (Å²) < 4.78 is 6.33. The number of ether oxygens (including phenoxy) is 1. The molecule has 1 N–H and O–H groups in total. The molecule has 0 radical (unpaired) electrons. The molecule has 4 heteroatoms. The second kappa shape index (κ2) is 6.78. The van der Waals surface area contributed by atoms with Gasteiger partial charge in [-0.05, 0) is 77.5 Å². The normalized spacial score (nSPS) is 12.2. The van der Waals surface area contributed by atoms with Crippen LogP contribution in [0.15, 0.2) is 36.4 Å². The van der Waals surface area contributed by atoms with Crippen molar-refractivity contribution < 1.29 is 4.74 Å². The van der Waals surface area contributed by atoms with Gasteiger partial charge in [-0.25, -0.2) is 0 Å². The molecular formula is C16H17ClINO. The highest BCUT2D eigenvalue weighted by Crippen LogP contribution is 2.30. The maximum Gasteiger partial charge on any atom is 0.119 e. The summed E-state index contributed by atoms with van der Waals surface area (Å²) in [6, 6.07) is 12.4. The van der Waals surface area contributed by atoms with E-state index < -0.39 is 0 Å². The highest BCUT2D eigenvalue weighted by Gasteiger charge is 2.15. The third-order valence-electron chi connectivity index (χ3n) is 3.35. The van der Waals surface area contributed by atoms with E-state index in [0.29, 0.717) is 0 Å². The van der Waals surface area contributed by atoms with Gasteiger partial charge in [0.25, 0.3) is 0 Å². The fourth-order valence-corrected chi connectivity index (χ4v) is 2.82. The average Bonchev–Trinajstić information content (AvgIpc) is 2.45. The number of benzene rings is 2. The second-order valence-electron chi connectivity index (χ2n) is 4.62. The van der Waals surface area contributed by atoms with E-state index in [4.69, 9.17) is 16.3 Å². The number of aryl methyl sites for hydroxylation is 1. The van der Waals surface area contributed by atoms with Crippen molar-refractivity contribution in [3.63, 3.8) is 0 Å². The molecule has 0 amide bonds. The van der Waals surface area contributed by atoms with E-state index in [1.54, 1.807) is 7.11 Å². The zero-order chi connectivity index (χ0) is 14.7. The molecule has 2 nitrogen and oxygen atoms in total. The van der Waals surface area contributed by atoms with Crippen molar-refractivity contribution in [2.45, 2.75) is 13.0 Å². The number of nitrogens with one attached hydrogen (secondary N) is 1. The molecule has 106 valence electrons. The monoisotopic (exact) mass is 401 g/mol. The van der Waals surface area contributed by atoms with Crippen molar-refractivity contribution in [3.8, 4) is 5.75 Å². The fourth-order valence-electron chi connectivity index (χ4n) is 2.29. The van der Waals surface area contributed by atoms with Crippen LogP contribution in [0.1, 0.15) is 22.7 Å². The number of hydrogen-bond acceptors (Lipinski definition) is 2. The van der Waals surface area contributed by atoms with Crippen LogP contribution in [0.3, 0.4) is 0 Å². The molecule has 0 saturated heterocycles. The summed E-state index contributed by atoms with van der Waals surface area (Å²) in [5, 5.41) is 4.14. The molecule has 0 spiro atoms. The third kappa shape index (κ3) is 3.27. The Balaban J connectivity index is 2.43. The van der Waals surface area contributed by atoms with Crippen LogP contribution in [0.5, 0.6) is 5.75 Å². The highest BCUT2D eigenvalue weighted by atomic mass is 127. The van der Waals surface area contributed by atoms with Crippen molar-refractivity contribution in [3.05, 3.63) is 61.7 Å². The molecular weight excluding hydrogens is 385 g/mol. The molecule has 1 unspecified atom stereocenters. The summed E-state index contributed by atoms with van der Waals surface area (Å²) >= 11 is 8.47. The molecule has 0 aromatic heterocycles. The van der Waals surface area contributed by atoms with Gasteiger partial charge in [0.15, 0.2) is 0 Å². The first kappa shape index (κ1) is 15.6. The molecule has 0 fully saturated rings. The predicted octanol–water partition coefficient (Wildman–Crippen LogP) is 4.57. The van der Waals surface area contributed by atoms with Crippen molar-refractivity contribution in [1.82, 2.24) is 5.32 Å². The van der Waals surface area contributed by atoms with Gasteiger partial charge in [0.2, 0.25) is 0 Å². The van der Waals surface area contributed by atoms with Crippen molar-refractivity contribution in [2.24, 2.45) is 0 Å². The van der Waals surface area contributed by atoms with Gasteiger partial charge in [-0.1, -0.05) is 23.7 Å². The number of halogens is 2. The maximum atomic E-state index is 6.23. The Morgan fingerprint density at radius 3 is 2.50 bits per heavy atom. The average molecular weight is 402 g/mol. The van der Waals surface area contributed by atoms with Gasteiger partial charge in [0, 0.05) is 3.57 Å². The van der Waals surface area contributed by atoms with Gasteiger partial charge in [-0.15, -0.1) is 0 Å². The van der Waals surface area contributed by atoms with E-state index in [0.717, 1.165) is 19.9 Å². The minimum atomic E-state index is 0.121. The van der Waals surface area contributed by atoms with Gasteiger partial charge >= 0.3 is 0 Å². The van der Waals surface area contributed by atoms with E-state index in [1.807, 2.05) is 31.3 Å². The van der Waals surface area contributed by atoms with Gasteiger partial charge in [-0.3, -0.25) is 0 Å². The van der Waals surface area contributed by atoms with Crippen LogP contribution >= 0.6 is 34.2 Å². The second-order valence-corrected chi connectivity index (χ2v) is 6.19. The Kier molecular flexibility index (Phi) is 5.29. The number of hydrogen-bond donors (Lipinski definition) is 1. The zero-order valence-corrected chi connectivity index (χ0v) is 14.6. The Hall–Kier alpha value is -0.780. The molecule has 1 atom stereocenters. The predicted molar refractivity (Wildman–Crippen MR) is 92.8 cm³/mol. The molecule has 2 aromatic carbocycles. The quantitative estimate of drug-likeness (QED) is 0.758. The Morgan fingerprint density at radius 2 is 1.95 bits per heavy atom. The van der Waals surface area contributed by atoms with Crippen molar-refractivity contribution >= 4 is 34.2 Å². The molecule has 0 heterocycles. The Morgan fingerprint density at radius 1 is 1.20 bits per heavy atom. The van der Waals surface area contributed by atoms with Gasteiger partial charge in [0.05, 0.1) is 18.2 Å². The maximum absolute atomic E-state index is 6.23. The SMILES string of the molecule is CNC(c1ccc(I)c(Cl)c1)c1ccc(OC)cc1C. The fraction of sp³-hybridized carbons (Fsp3) is 0.250. The van der Waals surface area contributed by atoms with Gasteiger partial charge in [0.1, 0.15) is 5.75 Å².